The minimum absolute atomic E-state index is 0.00170. The highest BCUT2D eigenvalue weighted by atomic mass is 16.2. The molecule has 1 aromatic rings. The van der Waals surface area contributed by atoms with Gasteiger partial charge in [0.05, 0.1) is 0 Å². The predicted molar refractivity (Wildman–Crippen MR) is 97.1 cm³/mol. The van der Waals surface area contributed by atoms with Crippen LogP contribution in [0.2, 0.25) is 0 Å². The summed E-state index contributed by atoms with van der Waals surface area (Å²) in [6.45, 7) is 14.8. The van der Waals surface area contributed by atoms with Crippen LogP contribution in [0.4, 0.5) is 10.5 Å². The number of urea groups is 1. The van der Waals surface area contributed by atoms with E-state index in [1.54, 1.807) is 0 Å². The van der Waals surface area contributed by atoms with Gasteiger partial charge in [0.1, 0.15) is 0 Å². The number of nitrogens with one attached hydrogen (secondary N) is 2. The van der Waals surface area contributed by atoms with Crippen molar-refractivity contribution in [2.75, 3.05) is 31.5 Å². The molecule has 4 nitrogen and oxygen atoms in total. The number of carbonyl (C=O) groups excluding carboxylic acids is 1. The zero-order valence-electron chi connectivity index (χ0n) is 15.2. The number of hydrogen-bond acceptors (Lipinski definition) is 2. The molecule has 1 aliphatic rings. The average molecular weight is 317 g/mol. The zero-order chi connectivity index (χ0) is 17.0. The first-order valence-electron chi connectivity index (χ1n) is 8.68. The van der Waals surface area contributed by atoms with Crippen molar-refractivity contribution in [2.45, 2.75) is 46.5 Å². The van der Waals surface area contributed by atoms with Gasteiger partial charge in [0.2, 0.25) is 0 Å². The highest BCUT2D eigenvalue weighted by molar-refractivity contribution is 5.91. The summed E-state index contributed by atoms with van der Waals surface area (Å²) in [6.07, 6.45) is 1.17. The van der Waals surface area contributed by atoms with Gasteiger partial charge in [-0.15, -0.1) is 0 Å². The molecule has 1 atom stereocenters. The van der Waals surface area contributed by atoms with Crippen molar-refractivity contribution in [2.24, 2.45) is 5.92 Å². The maximum Gasteiger partial charge on any atom is 0.319 e. The van der Waals surface area contributed by atoms with Crippen molar-refractivity contribution in [3.05, 3.63) is 29.3 Å². The van der Waals surface area contributed by atoms with E-state index in [9.17, 15) is 4.79 Å². The quantitative estimate of drug-likeness (QED) is 0.888. The average Bonchev–Trinajstić information content (AvgIpc) is 2.94. The summed E-state index contributed by atoms with van der Waals surface area (Å²) < 4.78 is 0. The third-order valence-corrected chi connectivity index (χ3v) is 4.69. The number of rotatable bonds is 4. The molecular weight excluding hydrogens is 286 g/mol. The van der Waals surface area contributed by atoms with E-state index in [-0.39, 0.29) is 11.4 Å². The lowest BCUT2D eigenvalue weighted by Crippen LogP contribution is -2.35. The Labute approximate surface area is 140 Å². The second-order valence-electron chi connectivity index (χ2n) is 7.63. The Balaban J connectivity index is 1.96. The second kappa shape index (κ2) is 7.35. The highest BCUT2D eigenvalue weighted by Gasteiger charge is 2.23. The van der Waals surface area contributed by atoms with E-state index < -0.39 is 0 Å². The van der Waals surface area contributed by atoms with Gasteiger partial charge >= 0.3 is 6.03 Å². The fourth-order valence-corrected chi connectivity index (χ4v) is 3.22. The Morgan fingerprint density at radius 2 is 2.09 bits per heavy atom. The third-order valence-electron chi connectivity index (χ3n) is 4.69. The molecule has 0 bridgehead atoms. The highest BCUT2D eigenvalue weighted by Crippen LogP contribution is 2.31. The number of hydrogen-bond donors (Lipinski definition) is 2. The summed E-state index contributed by atoms with van der Waals surface area (Å²) in [5, 5.41) is 6.12. The van der Waals surface area contributed by atoms with Gasteiger partial charge in [-0.3, -0.25) is 0 Å². The minimum atomic E-state index is -0.0975. The molecule has 0 spiro atoms. The summed E-state index contributed by atoms with van der Waals surface area (Å²) >= 11 is 0. The lowest BCUT2D eigenvalue weighted by molar-refractivity contribution is 0.250. The number of anilines is 1. The molecule has 1 aromatic carbocycles. The molecular formula is C19H31N3O. The molecule has 1 unspecified atom stereocenters. The molecule has 0 aliphatic carbocycles. The van der Waals surface area contributed by atoms with Gasteiger partial charge in [0, 0.05) is 18.8 Å². The van der Waals surface area contributed by atoms with E-state index in [2.05, 4.69) is 55.4 Å². The molecule has 0 saturated carbocycles. The first-order chi connectivity index (χ1) is 10.8. The van der Waals surface area contributed by atoms with Crippen LogP contribution in [-0.2, 0) is 5.41 Å². The Hall–Kier alpha value is -1.55. The van der Waals surface area contributed by atoms with E-state index in [1.165, 1.54) is 12.0 Å². The van der Waals surface area contributed by atoms with Crippen LogP contribution in [0.15, 0.2) is 18.2 Å². The molecule has 1 aliphatic heterocycles. The Kier molecular flexibility index (Phi) is 5.69. The summed E-state index contributed by atoms with van der Waals surface area (Å²) in [5.74, 6) is 0.569. The van der Waals surface area contributed by atoms with Gasteiger partial charge in [-0.25, -0.2) is 4.79 Å². The Morgan fingerprint density at radius 1 is 1.35 bits per heavy atom. The van der Waals surface area contributed by atoms with E-state index in [0.717, 1.165) is 37.4 Å². The van der Waals surface area contributed by atoms with Crippen molar-refractivity contribution in [3.8, 4) is 0 Å². The summed E-state index contributed by atoms with van der Waals surface area (Å²) in [4.78, 5) is 14.7. The smallest absolute Gasteiger partial charge is 0.319 e. The number of aryl methyl sites for hydroxylation is 1. The van der Waals surface area contributed by atoms with E-state index >= 15 is 0 Å². The van der Waals surface area contributed by atoms with E-state index in [1.807, 2.05) is 13.0 Å². The number of nitrogens with zero attached hydrogens (tertiary/aromatic N) is 1. The fourth-order valence-electron chi connectivity index (χ4n) is 3.22. The van der Waals surface area contributed by atoms with Crippen LogP contribution in [0.1, 0.15) is 45.2 Å². The molecule has 4 heteroatoms. The van der Waals surface area contributed by atoms with Crippen LogP contribution >= 0.6 is 0 Å². The molecule has 2 amide bonds. The third kappa shape index (κ3) is 4.71. The number of para-hydroxylation sites is 1. The van der Waals surface area contributed by atoms with Crippen LogP contribution in [0.5, 0.6) is 0 Å². The number of carbonyl (C=O) groups is 1. The molecule has 0 aromatic heterocycles. The van der Waals surface area contributed by atoms with Crippen molar-refractivity contribution in [1.29, 1.82) is 0 Å². The van der Waals surface area contributed by atoms with Gasteiger partial charge in [-0.2, -0.15) is 0 Å². The van der Waals surface area contributed by atoms with Crippen LogP contribution in [0.3, 0.4) is 0 Å². The van der Waals surface area contributed by atoms with E-state index in [0.29, 0.717) is 5.92 Å². The van der Waals surface area contributed by atoms with Gasteiger partial charge in [-0.1, -0.05) is 45.9 Å². The lowest BCUT2D eigenvalue weighted by atomic mass is 9.84. The largest absolute Gasteiger partial charge is 0.338 e. The number of likely N-dealkylation sites (tertiary alicyclic amines) is 1. The molecule has 2 rings (SSSR count). The number of benzene rings is 1. The minimum Gasteiger partial charge on any atom is -0.338 e. The fraction of sp³-hybridized carbons (Fsp3) is 0.632. The molecule has 2 N–H and O–H groups in total. The van der Waals surface area contributed by atoms with Crippen LogP contribution in [0.25, 0.3) is 0 Å². The molecule has 0 radical (unpaired) electrons. The lowest BCUT2D eigenvalue weighted by Gasteiger charge is -2.24. The SMILES string of the molecule is CCN1CCC(CNC(=O)Nc2c(C)cccc2C(C)(C)C)C1. The van der Waals surface area contributed by atoms with Crippen molar-refractivity contribution in [1.82, 2.24) is 10.2 Å². The van der Waals surface area contributed by atoms with Gasteiger partial charge in [0.15, 0.2) is 0 Å². The van der Waals surface area contributed by atoms with E-state index in [4.69, 9.17) is 0 Å². The van der Waals surface area contributed by atoms with Gasteiger partial charge < -0.3 is 15.5 Å². The van der Waals surface area contributed by atoms with Crippen LogP contribution in [0, 0.1) is 12.8 Å². The maximum absolute atomic E-state index is 12.3. The number of amides is 2. The maximum atomic E-state index is 12.3. The first kappa shape index (κ1) is 17.8. The topological polar surface area (TPSA) is 44.4 Å². The normalized spacial score (nSPS) is 18.9. The monoisotopic (exact) mass is 317 g/mol. The molecule has 1 saturated heterocycles. The van der Waals surface area contributed by atoms with Crippen molar-refractivity contribution >= 4 is 11.7 Å². The molecule has 23 heavy (non-hydrogen) atoms. The first-order valence-corrected chi connectivity index (χ1v) is 8.68. The zero-order valence-corrected chi connectivity index (χ0v) is 15.2. The Morgan fingerprint density at radius 3 is 2.70 bits per heavy atom. The summed E-state index contributed by atoms with van der Waals surface area (Å²) in [7, 11) is 0. The standard InChI is InChI=1S/C19H31N3O/c1-6-22-11-10-15(13-22)12-20-18(23)21-17-14(2)8-7-9-16(17)19(3,4)5/h7-9,15H,6,10-13H2,1-5H3,(H2,20,21,23). The molecule has 1 heterocycles. The van der Waals surface area contributed by atoms with Gasteiger partial charge in [-0.05, 0) is 48.9 Å². The van der Waals surface area contributed by atoms with Gasteiger partial charge in [0.25, 0.3) is 0 Å². The van der Waals surface area contributed by atoms with Crippen LogP contribution < -0.4 is 10.6 Å². The summed E-state index contributed by atoms with van der Waals surface area (Å²) in [5.41, 5.74) is 3.22. The predicted octanol–water partition coefficient (Wildman–Crippen LogP) is 3.76. The molecule has 128 valence electrons. The Bertz CT molecular complexity index is 548. The second-order valence-corrected chi connectivity index (χ2v) is 7.63. The van der Waals surface area contributed by atoms with Crippen molar-refractivity contribution < 1.29 is 4.79 Å². The van der Waals surface area contributed by atoms with Crippen LogP contribution in [-0.4, -0.2) is 37.1 Å². The van der Waals surface area contributed by atoms with Crippen molar-refractivity contribution in [3.63, 3.8) is 0 Å². The summed E-state index contributed by atoms with van der Waals surface area (Å²) in [6, 6.07) is 6.09. The molecule has 1 fully saturated rings.